The minimum atomic E-state index is -0.865. The molecule has 52 heavy (non-hydrogen) atoms. The zero-order valence-electron chi connectivity index (χ0n) is 32.5. The maximum atomic E-state index is 14.2. The molecule has 290 valence electrons. The predicted molar refractivity (Wildman–Crippen MR) is 207 cm³/mol. The van der Waals surface area contributed by atoms with Crippen molar-refractivity contribution in [3.05, 3.63) is 66.8 Å². The van der Waals surface area contributed by atoms with Crippen molar-refractivity contribution in [1.29, 1.82) is 0 Å². The number of unbranched alkanes of at least 4 members (excludes halogenated alkanes) is 1. The van der Waals surface area contributed by atoms with E-state index >= 15 is 0 Å². The second-order valence-electron chi connectivity index (χ2n) is 16.1. The van der Waals surface area contributed by atoms with Crippen molar-refractivity contribution < 1.29 is 24.2 Å². The second-order valence-corrected chi connectivity index (χ2v) is 16.1. The van der Waals surface area contributed by atoms with Gasteiger partial charge < -0.3 is 30.8 Å². The molecule has 0 radical (unpaired) electrons. The summed E-state index contributed by atoms with van der Waals surface area (Å²) < 4.78 is 5.40. The van der Waals surface area contributed by atoms with Crippen molar-refractivity contribution >= 4 is 17.8 Å². The van der Waals surface area contributed by atoms with Crippen LogP contribution in [0.2, 0.25) is 0 Å². The molecular weight excluding hydrogens is 654 g/mol. The summed E-state index contributed by atoms with van der Waals surface area (Å²) in [5, 5.41) is 21.3. The van der Waals surface area contributed by atoms with Gasteiger partial charge in [-0.3, -0.25) is 14.4 Å². The van der Waals surface area contributed by atoms with Crippen LogP contribution in [-0.4, -0.2) is 69.7 Å². The summed E-state index contributed by atoms with van der Waals surface area (Å²) in [5.41, 5.74) is 1.23. The lowest BCUT2D eigenvalue weighted by Crippen LogP contribution is -2.55. The Hall–Kier alpha value is -3.50. The number of aromatic nitrogens is 2. The third-order valence-electron chi connectivity index (χ3n) is 10.1. The number of imidazole rings is 1. The van der Waals surface area contributed by atoms with Gasteiger partial charge >= 0.3 is 5.97 Å². The number of rotatable bonds is 23. The first-order valence-corrected chi connectivity index (χ1v) is 19.7. The number of ether oxygens (including phenoxy) is 1. The third-order valence-corrected chi connectivity index (χ3v) is 10.1. The number of hydrogen-bond acceptors (Lipinski definition) is 7. The van der Waals surface area contributed by atoms with Gasteiger partial charge in [0.2, 0.25) is 11.8 Å². The van der Waals surface area contributed by atoms with Crippen LogP contribution in [-0.2, 0) is 32.0 Å². The molecule has 5 N–H and O–H groups in total. The van der Waals surface area contributed by atoms with E-state index in [0.717, 1.165) is 37.8 Å². The maximum absolute atomic E-state index is 14.2. The Balaban J connectivity index is 1.70. The molecule has 3 rings (SSSR count). The molecule has 2 aromatic rings. The van der Waals surface area contributed by atoms with Crippen LogP contribution in [0.3, 0.4) is 0 Å². The van der Waals surface area contributed by atoms with Crippen LogP contribution in [0, 0.1) is 23.7 Å². The van der Waals surface area contributed by atoms with Crippen molar-refractivity contribution in [2.24, 2.45) is 23.7 Å². The molecule has 2 amide bonds. The Morgan fingerprint density at radius 1 is 1.02 bits per heavy atom. The van der Waals surface area contributed by atoms with Gasteiger partial charge in [0.15, 0.2) is 0 Å². The number of carbonyl (C=O) groups is 3. The van der Waals surface area contributed by atoms with Gasteiger partial charge in [0.25, 0.3) is 0 Å². The van der Waals surface area contributed by atoms with Crippen LogP contribution in [0.1, 0.15) is 117 Å². The van der Waals surface area contributed by atoms with Crippen LogP contribution in [0.5, 0.6) is 0 Å². The van der Waals surface area contributed by atoms with Crippen LogP contribution >= 0.6 is 0 Å². The van der Waals surface area contributed by atoms with Crippen LogP contribution in [0.4, 0.5) is 0 Å². The highest BCUT2D eigenvalue weighted by atomic mass is 16.6. The fraction of sp³-hybridized carbons (Fsp3) is 0.667. The summed E-state index contributed by atoms with van der Waals surface area (Å²) in [6.07, 6.45) is 14.7. The number of nitrogens with zero attached hydrogens (tertiary/aromatic N) is 1. The molecule has 10 nitrogen and oxygen atoms in total. The fourth-order valence-corrected chi connectivity index (χ4v) is 7.11. The molecule has 1 aromatic carbocycles. The molecule has 0 bridgehead atoms. The third kappa shape index (κ3) is 16.4. The quantitative estimate of drug-likeness (QED) is 0.0504. The molecule has 1 unspecified atom stereocenters. The van der Waals surface area contributed by atoms with Gasteiger partial charge in [0, 0.05) is 25.0 Å². The topological polar surface area (TPSA) is 145 Å². The molecule has 0 aliphatic heterocycles. The van der Waals surface area contributed by atoms with E-state index in [4.69, 9.17) is 4.74 Å². The molecule has 10 heteroatoms. The van der Waals surface area contributed by atoms with Crippen LogP contribution in [0.25, 0.3) is 0 Å². The summed E-state index contributed by atoms with van der Waals surface area (Å²) in [5.74, 6) is -0.189. The molecule has 5 atom stereocenters. The number of allylic oxidation sites excluding steroid dienone is 1. The van der Waals surface area contributed by atoms with E-state index in [-0.39, 0.29) is 36.0 Å². The summed E-state index contributed by atoms with van der Waals surface area (Å²) in [7, 11) is 0. The van der Waals surface area contributed by atoms with Crippen molar-refractivity contribution in [1.82, 2.24) is 25.9 Å². The van der Waals surface area contributed by atoms with E-state index in [2.05, 4.69) is 46.3 Å². The van der Waals surface area contributed by atoms with Gasteiger partial charge in [-0.2, -0.15) is 0 Å². The zero-order valence-corrected chi connectivity index (χ0v) is 32.5. The lowest BCUT2D eigenvalue weighted by atomic mass is 9.81. The molecule has 1 aromatic heterocycles. The highest BCUT2D eigenvalue weighted by Crippen LogP contribution is 2.30. The average Bonchev–Trinajstić information content (AvgIpc) is 3.62. The average molecular weight is 722 g/mol. The lowest BCUT2D eigenvalue weighted by molar-refractivity contribution is -0.154. The molecule has 1 heterocycles. The number of amides is 2. The molecule has 1 aliphatic carbocycles. The van der Waals surface area contributed by atoms with Crippen LogP contribution in [0.15, 0.2) is 55.5 Å². The number of hydrogen-bond donors (Lipinski definition) is 5. The maximum Gasteiger partial charge on any atom is 0.306 e. The fourth-order valence-electron chi connectivity index (χ4n) is 7.11. The Labute approximate surface area is 312 Å². The lowest BCUT2D eigenvalue weighted by Gasteiger charge is -2.33. The monoisotopic (exact) mass is 722 g/mol. The number of aromatic amines is 1. The minimum absolute atomic E-state index is 0.123. The van der Waals surface area contributed by atoms with E-state index < -0.39 is 23.8 Å². The van der Waals surface area contributed by atoms with Gasteiger partial charge in [-0.05, 0) is 95.7 Å². The number of benzene rings is 1. The van der Waals surface area contributed by atoms with Crippen molar-refractivity contribution in [3.8, 4) is 0 Å². The first kappa shape index (κ1) is 42.9. The minimum Gasteiger partial charge on any atom is -0.460 e. The second kappa shape index (κ2) is 22.5. The number of esters is 1. The number of carbonyl (C=O) groups excluding carboxylic acids is 3. The van der Waals surface area contributed by atoms with Gasteiger partial charge in [-0.15, -0.1) is 6.58 Å². The normalized spacial score (nSPS) is 16.8. The van der Waals surface area contributed by atoms with Gasteiger partial charge in [-0.1, -0.05) is 82.4 Å². The van der Waals surface area contributed by atoms with Gasteiger partial charge in [0.05, 0.1) is 24.2 Å². The molecule has 1 aliphatic rings. The largest absolute Gasteiger partial charge is 0.460 e. The Bertz CT molecular complexity index is 1320. The molecular formula is C42H67N5O5. The Kier molecular flexibility index (Phi) is 18.6. The van der Waals surface area contributed by atoms with Crippen molar-refractivity contribution in [3.63, 3.8) is 0 Å². The number of H-pyrrole nitrogens is 1. The summed E-state index contributed by atoms with van der Waals surface area (Å²) in [6, 6.07) is 8.63. The number of aliphatic hydroxyl groups excluding tert-OH is 1. The Morgan fingerprint density at radius 2 is 1.75 bits per heavy atom. The van der Waals surface area contributed by atoms with E-state index in [9.17, 15) is 19.5 Å². The van der Waals surface area contributed by atoms with E-state index in [1.807, 2.05) is 57.2 Å². The van der Waals surface area contributed by atoms with E-state index in [1.165, 1.54) is 19.3 Å². The first-order valence-electron chi connectivity index (χ1n) is 19.7. The smallest absolute Gasteiger partial charge is 0.306 e. The van der Waals surface area contributed by atoms with Crippen molar-refractivity contribution in [2.45, 2.75) is 142 Å². The molecule has 1 fully saturated rings. The number of nitrogens with one attached hydrogen (secondary N) is 4. The Morgan fingerprint density at radius 3 is 2.38 bits per heavy atom. The first-order chi connectivity index (χ1) is 24.8. The summed E-state index contributed by atoms with van der Waals surface area (Å²) in [6.45, 7) is 15.2. The highest BCUT2D eigenvalue weighted by Gasteiger charge is 2.32. The van der Waals surface area contributed by atoms with Crippen LogP contribution < -0.4 is 16.0 Å². The van der Waals surface area contributed by atoms with E-state index in [1.54, 1.807) is 12.5 Å². The van der Waals surface area contributed by atoms with Gasteiger partial charge in [-0.25, -0.2) is 4.98 Å². The molecule has 0 spiro atoms. The zero-order chi connectivity index (χ0) is 37.9. The van der Waals surface area contributed by atoms with Crippen molar-refractivity contribution in [2.75, 3.05) is 13.1 Å². The number of aliphatic hydroxyl groups is 1. The SMILES string of the molecule is C=C[C@@H](C[C@H](O)[C@H](CC1CCCCC1)NC(=O)[C@H](Cc1c[nH]cn1)NC(=O)C(CCNCCCCC(=O)OC(C)(C)C)Cc1ccccc1)C(C)C. The van der Waals surface area contributed by atoms with Gasteiger partial charge in [0.1, 0.15) is 11.6 Å². The standard InChI is InChI=1S/C42H67N5O5/c1-7-33(30(2)3)26-38(48)36(25-32-18-12-9-13-19-32)46-41(51)37(27-35-28-44-29-45-35)47-40(50)34(24-31-16-10-8-11-17-31)21-23-43-22-15-14-20-39(49)52-42(4,5)6/h7-8,10-11,16-17,28-30,32-34,36-38,43,48H,1,9,12-15,18-27H2,2-6H3,(H,44,45)(H,46,51)(H,47,50)/t33-,34?,36-,37-,38-/m0/s1. The molecule has 1 saturated carbocycles. The summed E-state index contributed by atoms with van der Waals surface area (Å²) >= 11 is 0. The highest BCUT2D eigenvalue weighted by molar-refractivity contribution is 5.89. The van der Waals surface area contributed by atoms with E-state index in [0.29, 0.717) is 56.2 Å². The predicted octanol–water partition coefficient (Wildman–Crippen LogP) is 6.45. The summed E-state index contributed by atoms with van der Waals surface area (Å²) in [4.78, 5) is 47.6. The molecule has 0 saturated heterocycles.